The van der Waals surface area contributed by atoms with Crippen molar-refractivity contribution in [1.82, 2.24) is 15.1 Å². The fourth-order valence-electron chi connectivity index (χ4n) is 2.31. The number of nitrogens with one attached hydrogen (secondary N) is 1. The Morgan fingerprint density at radius 1 is 1.53 bits per heavy atom. The van der Waals surface area contributed by atoms with Gasteiger partial charge in [0.25, 0.3) is 0 Å². The van der Waals surface area contributed by atoms with Gasteiger partial charge in [-0.25, -0.2) is 5.84 Å². The number of aromatic nitrogens is 2. The molecule has 0 amide bonds. The largest absolute Gasteiger partial charge is 0.396 e. The summed E-state index contributed by atoms with van der Waals surface area (Å²) in [6.45, 7) is 2.24. The van der Waals surface area contributed by atoms with E-state index in [0.29, 0.717) is 11.2 Å². The fourth-order valence-corrected chi connectivity index (χ4v) is 2.98. The van der Waals surface area contributed by atoms with Crippen LogP contribution in [0, 0.1) is 0 Å². The SMILES string of the molecule is NNc1nnc(CN2CCCC2CCCO)s1. The second-order valence-electron chi connectivity index (χ2n) is 4.28. The highest BCUT2D eigenvalue weighted by molar-refractivity contribution is 7.15. The Bertz CT molecular complexity index is 345. The molecule has 96 valence electrons. The summed E-state index contributed by atoms with van der Waals surface area (Å²) in [7, 11) is 0. The molecule has 1 aliphatic heterocycles. The average molecular weight is 257 g/mol. The maximum atomic E-state index is 8.88. The molecule has 6 nitrogen and oxygen atoms in total. The van der Waals surface area contributed by atoms with Crippen molar-refractivity contribution in [2.75, 3.05) is 18.6 Å². The van der Waals surface area contributed by atoms with E-state index >= 15 is 0 Å². The van der Waals surface area contributed by atoms with Crippen molar-refractivity contribution in [3.63, 3.8) is 0 Å². The molecule has 0 aromatic carbocycles. The molecule has 7 heteroatoms. The van der Waals surface area contributed by atoms with Gasteiger partial charge in [0.15, 0.2) is 0 Å². The number of hydrazine groups is 1. The van der Waals surface area contributed by atoms with Crippen molar-refractivity contribution >= 4 is 16.5 Å². The lowest BCUT2D eigenvalue weighted by atomic mass is 10.1. The zero-order valence-corrected chi connectivity index (χ0v) is 10.6. The molecule has 17 heavy (non-hydrogen) atoms. The van der Waals surface area contributed by atoms with Gasteiger partial charge in [-0.05, 0) is 32.2 Å². The Hall–Kier alpha value is -0.760. The predicted octanol–water partition coefficient (Wildman–Crippen LogP) is 0.561. The van der Waals surface area contributed by atoms with E-state index in [2.05, 4.69) is 20.5 Å². The summed E-state index contributed by atoms with van der Waals surface area (Å²) in [5.41, 5.74) is 2.51. The van der Waals surface area contributed by atoms with E-state index in [4.69, 9.17) is 10.9 Å². The van der Waals surface area contributed by atoms with Crippen LogP contribution in [-0.4, -0.2) is 39.4 Å². The van der Waals surface area contributed by atoms with Crippen molar-refractivity contribution in [3.8, 4) is 0 Å². The van der Waals surface area contributed by atoms with Gasteiger partial charge in [0.1, 0.15) is 5.01 Å². The van der Waals surface area contributed by atoms with Crippen LogP contribution in [0.1, 0.15) is 30.7 Å². The first kappa shape index (κ1) is 12.7. The van der Waals surface area contributed by atoms with Crippen molar-refractivity contribution in [2.45, 2.75) is 38.3 Å². The molecule has 0 spiro atoms. The highest BCUT2D eigenvalue weighted by Gasteiger charge is 2.24. The van der Waals surface area contributed by atoms with Crippen LogP contribution < -0.4 is 11.3 Å². The molecule has 1 aliphatic rings. The first-order valence-corrected chi connectivity index (χ1v) is 6.79. The summed E-state index contributed by atoms with van der Waals surface area (Å²) >= 11 is 1.50. The van der Waals surface area contributed by atoms with Gasteiger partial charge in [0.05, 0.1) is 6.54 Å². The molecule has 1 saturated heterocycles. The number of nitrogen functional groups attached to an aromatic ring is 1. The smallest absolute Gasteiger partial charge is 0.219 e. The number of nitrogens with zero attached hydrogens (tertiary/aromatic N) is 3. The van der Waals surface area contributed by atoms with Crippen LogP contribution in [0.2, 0.25) is 0 Å². The van der Waals surface area contributed by atoms with Crippen LogP contribution in [0.25, 0.3) is 0 Å². The summed E-state index contributed by atoms with van der Waals surface area (Å²) in [6, 6.07) is 0.584. The molecule has 1 atom stereocenters. The molecule has 1 aromatic heterocycles. The molecule has 4 N–H and O–H groups in total. The first-order chi connectivity index (χ1) is 8.33. The summed E-state index contributed by atoms with van der Waals surface area (Å²) in [5, 5.41) is 18.6. The number of nitrogens with two attached hydrogens (primary N) is 1. The lowest BCUT2D eigenvalue weighted by molar-refractivity contribution is 0.209. The van der Waals surface area contributed by atoms with E-state index in [1.807, 2.05) is 0 Å². The summed E-state index contributed by atoms with van der Waals surface area (Å²) in [4.78, 5) is 2.43. The van der Waals surface area contributed by atoms with Crippen LogP contribution in [0.5, 0.6) is 0 Å². The van der Waals surface area contributed by atoms with Crippen molar-refractivity contribution in [2.24, 2.45) is 5.84 Å². The van der Waals surface area contributed by atoms with Crippen molar-refractivity contribution in [3.05, 3.63) is 5.01 Å². The van der Waals surface area contributed by atoms with E-state index in [-0.39, 0.29) is 6.61 Å². The Morgan fingerprint density at radius 3 is 3.12 bits per heavy atom. The molecule has 1 aromatic rings. The predicted molar refractivity (Wildman–Crippen MR) is 67.5 cm³/mol. The normalized spacial score (nSPS) is 20.9. The van der Waals surface area contributed by atoms with Crippen LogP contribution in [0.15, 0.2) is 0 Å². The molecule has 0 bridgehead atoms. The molecule has 0 saturated carbocycles. The zero-order chi connectivity index (χ0) is 12.1. The van der Waals surface area contributed by atoms with Gasteiger partial charge in [-0.1, -0.05) is 11.3 Å². The molecule has 0 aliphatic carbocycles. The minimum atomic E-state index is 0.282. The number of anilines is 1. The maximum Gasteiger partial charge on any atom is 0.219 e. The number of hydrogen-bond donors (Lipinski definition) is 3. The summed E-state index contributed by atoms with van der Waals surface area (Å²) < 4.78 is 0. The second kappa shape index (κ2) is 6.25. The van der Waals surface area contributed by atoms with Gasteiger partial charge in [-0.3, -0.25) is 10.3 Å². The van der Waals surface area contributed by atoms with Crippen LogP contribution in [-0.2, 0) is 6.54 Å². The maximum absolute atomic E-state index is 8.88. The monoisotopic (exact) mass is 257 g/mol. The van der Waals surface area contributed by atoms with Crippen LogP contribution >= 0.6 is 11.3 Å². The van der Waals surface area contributed by atoms with E-state index in [1.54, 1.807) is 0 Å². The third kappa shape index (κ3) is 3.35. The van der Waals surface area contributed by atoms with Crippen LogP contribution in [0.3, 0.4) is 0 Å². The lowest BCUT2D eigenvalue weighted by Crippen LogP contribution is -2.29. The van der Waals surface area contributed by atoms with Gasteiger partial charge >= 0.3 is 0 Å². The molecular formula is C10H19N5OS. The molecule has 2 heterocycles. The van der Waals surface area contributed by atoms with Crippen LogP contribution in [0.4, 0.5) is 5.13 Å². The zero-order valence-electron chi connectivity index (χ0n) is 9.80. The van der Waals surface area contributed by atoms with Gasteiger partial charge in [0, 0.05) is 12.6 Å². The molecule has 1 unspecified atom stereocenters. The summed E-state index contributed by atoms with van der Waals surface area (Å²) in [5.74, 6) is 5.28. The lowest BCUT2D eigenvalue weighted by Gasteiger charge is -2.22. The van der Waals surface area contributed by atoms with Crippen molar-refractivity contribution < 1.29 is 5.11 Å². The Kier molecular flexibility index (Phi) is 4.66. The summed E-state index contributed by atoms with van der Waals surface area (Å²) in [6.07, 6.45) is 4.40. The first-order valence-electron chi connectivity index (χ1n) is 5.97. The topological polar surface area (TPSA) is 87.3 Å². The quantitative estimate of drug-likeness (QED) is 0.510. The highest BCUT2D eigenvalue weighted by Crippen LogP contribution is 2.25. The van der Waals surface area contributed by atoms with Gasteiger partial charge in [0.2, 0.25) is 5.13 Å². The van der Waals surface area contributed by atoms with E-state index in [9.17, 15) is 0 Å². The highest BCUT2D eigenvalue weighted by atomic mass is 32.1. The van der Waals surface area contributed by atoms with Crippen molar-refractivity contribution in [1.29, 1.82) is 0 Å². The molecule has 2 rings (SSSR count). The van der Waals surface area contributed by atoms with E-state index in [0.717, 1.165) is 30.9 Å². The van der Waals surface area contributed by atoms with Gasteiger partial charge < -0.3 is 5.11 Å². The number of rotatable bonds is 6. The average Bonchev–Trinajstić information content (AvgIpc) is 2.96. The Labute approximate surface area is 105 Å². The number of likely N-dealkylation sites (tertiary alicyclic amines) is 1. The number of aliphatic hydroxyl groups is 1. The number of aliphatic hydroxyl groups excluding tert-OH is 1. The van der Waals surface area contributed by atoms with E-state index < -0.39 is 0 Å². The standard InChI is InChI=1S/C10H19N5OS/c11-12-10-14-13-9(17-10)7-15-5-1-3-8(15)4-2-6-16/h8,16H,1-7,11H2,(H,12,14). The number of hydrogen-bond acceptors (Lipinski definition) is 7. The third-order valence-corrected chi connectivity index (χ3v) is 3.96. The minimum Gasteiger partial charge on any atom is -0.396 e. The molecule has 0 radical (unpaired) electrons. The van der Waals surface area contributed by atoms with Gasteiger partial charge in [-0.15, -0.1) is 10.2 Å². The Balaban J connectivity index is 1.88. The third-order valence-electron chi connectivity index (χ3n) is 3.12. The molecule has 1 fully saturated rings. The Morgan fingerprint density at radius 2 is 2.41 bits per heavy atom. The second-order valence-corrected chi connectivity index (χ2v) is 5.34. The fraction of sp³-hybridized carbons (Fsp3) is 0.800. The van der Waals surface area contributed by atoms with Gasteiger partial charge in [-0.2, -0.15) is 0 Å². The minimum absolute atomic E-state index is 0.282. The molecular weight excluding hydrogens is 238 g/mol. The van der Waals surface area contributed by atoms with E-state index in [1.165, 1.54) is 24.2 Å².